The Labute approximate surface area is 204 Å². The van der Waals surface area contributed by atoms with Gasteiger partial charge in [-0.25, -0.2) is 8.42 Å². The van der Waals surface area contributed by atoms with Gasteiger partial charge in [0.2, 0.25) is 5.91 Å². The first-order valence-electron chi connectivity index (χ1n) is 10.9. The SMILES string of the molecule is CCS(=O)(=O)c1ccc(CC(=O)Nc2ccc(C#CCc3ccc(OC(F)F)cc3)c(C)c2)cc1. The molecule has 0 aromatic heterocycles. The Bertz CT molecular complexity index is 1340. The topological polar surface area (TPSA) is 72.5 Å². The predicted octanol–water partition coefficient (Wildman–Crippen LogP) is 5.17. The van der Waals surface area contributed by atoms with Crippen LogP contribution in [0, 0.1) is 18.8 Å². The fourth-order valence-corrected chi connectivity index (χ4v) is 4.17. The maximum atomic E-state index is 12.4. The molecule has 0 saturated carbocycles. The number of ether oxygens (including phenoxy) is 1. The second-order valence-corrected chi connectivity index (χ2v) is 10.1. The third-order valence-corrected chi connectivity index (χ3v) is 6.95. The van der Waals surface area contributed by atoms with Gasteiger partial charge in [0.15, 0.2) is 9.84 Å². The minimum absolute atomic E-state index is 0.0264. The fourth-order valence-electron chi connectivity index (χ4n) is 3.28. The summed E-state index contributed by atoms with van der Waals surface area (Å²) in [5, 5.41) is 2.84. The summed E-state index contributed by atoms with van der Waals surface area (Å²) < 4.78 is 52.6. The standard InChI is InChI=1S/C27H25F2NO4S/c1-3-35(32,33)25-15-9-21(10-16-25)18-26(31)30-23-12-11-22(19(2)17-23)6-4-5-20-7-13-24(14-8-20)34-27(28)29/h7-17,27H,3,5,18H2,1-2H3,(H,30,31). The number of amides is 1. The highest BCUT2D eigenvalue weighted by molar-refractivity contribution is 7.91. The van der Waals surface area contributed by atoms with Crippen LogP contribution in [0.4, 0.5) is 14.5 Å². The molecule has 182 valence electrons. The van der Waals surface area contributed by atoms with Crippen molar-refractivity contribution < 1.29 is 26.7 Å². The summed E-state index contributed by atoms with van der Waals surface area (Å²) >= 11 is 0. The summed E-state index contributed by atoms with van der Waals surface area (Å²) in [5.41, 5.74) is 3.93. The quantitative estimate of drug-likeness (QED) is 0.436. The number of sulfone groups is 1. The zero-order chi connectivity index (χ0) is 25.4. The molecule has 0 radical (unpaired) electrons. The molecular formula is C27H25F2NO4S. The van der Waals surface area contributed by atoms with Gasteiger partial charge in [-0.3, -0.25) is 4.79 Å². The highest BCUT2D eigenvalue weighted by Crippen LogP contribution is 2.17. The van der Waals surface area contributed by atoms with Crippen molar-refractivity contribution >= 4 is 21.4 Å². The zero-order valence-electron chi connectivity index (χ0n) is 19.3. The minimum atomic E-state index is -3.27. The molecule has 0 fully saturated rings. The summed E-state index contributed by atoms with van der Waals surface area (Å²) in [4.78, 5) is 12.7. The molecule has 3 aromatic rings. The van der Waals surface area contributed by atoms with Gasteiger partial charge in [-0.15, -0.1) is 0 Å². The number of anilines is 1. The molecule has 35 heavy (non-hydrogen) atoms. The van der Waals surface area contributed by atoms with E-state index in [0.717, 1.165) is 16.7 Å². The highest BCUT2D eigenvalue weighted by atomic mass is 32.2. The number of rotatable bonds is 8. The van der Waals surface area contributed by atoms with Crippen LogP contribution < -0.4 is 10.1 Å². The monoisotopic (exact) mass is 497 g/mol. The third kappa shape index (κ3) is 7.66. The first kappa shape index (κ1) is 25.9. The Morgan fingerprint density at radius 3 is 2.26 bits per heavy atom. The van der Waals surface area contributed by atoms with Crippen LogP contribution in [0.15, 0.2) is 71.6 Å². The van der Waals surface area contributed by atoms with Crippen molar-refractivity contribution in [3.05, 3.63) is 89.0 Å². The van der Waals surface area contributed by atoms with E-state index in [2.05, 4.69) is 21.9 Å². The van der Waals surface area contributed by atoms with Crippen LogP contribution in [-0.2, 0) is 27.5 Å². The van der Waals surface area contributed by atoms with Gasteiger partial charge in [0.1, 0.15) is 5.75 Å². The molecule has 0 aliphatic carbocycles. The summed E-state index contributed by atoms with van der Waals surface area (Å²) in [6.45, 7) is 0.628. The van der Waals surface area contributed by atoms with E-state index in [0.29, 0.717) is 17.7 Å². The lowest BCUT2D eigenvalue weighted by atomic mass is 10.1. The molecule has 3 rings (SSSR count). The van der Waals surface area contributed by atoms with Gasteiger partial charge in [0.25, 0.3) is 0 Å². The Hall–Kier alpha value is -3.70. The lowest BCUT2D eigenvalue weighted by molar-refractivity contribution is -0.115. The van der Waals surface area contributed by atoms with Crippen molar-refractivity contribution in [1.29, 1.82) is 0 Å². The van der Waals surface area contributed by atoms with Crippen LogP contribution in [0.3, 0.4) is 0 Å². The number of carbonyl (C=O) groups excluding carboxylic acids is 1. The summed E-state index contributed by atoms with van der Waals surface area (Å²) in [5.74, 6) is 6.07. The van der Waals surface area contributed by atoms with Gasteiger partial charge in [-0.1, -0.05) is 43.0 Å². The van der Waals surface area contributed by atoms with Crippen LogP contribution in [-0.4, -0.2) is 26.7 Å². The van der Waals surface area contributed by atoms with Gasteiger partial charge in [0.05, 0.1) is 17.1 Å². The molecule has 0 atom stereocenters. The number of hydrogen-bond donors (Lipinski definition) is 1. The van der Waals surface area contributed by atoms with Crippen LogP contribution in [0.25, 0.3) is 0 Å². The first-order valence-corrected chi connectivity index (χ1v) is 12.6. The van der Waals surface area contributed by atoms with E-state index < -0.39 is 16.4 Å². The summed E-state index contributed by atoms with van der Waals surface area (Å²) in [7, 11) is -3.27. The average molecular weight is 498 g/mol. The van der Waals surface area contributed by atoms with E-state index >= 15 is 0 Å². The van der Waals surface area contributed by atoms with Crippen molar-refractivity contribution in [3.8, 4) is 17.6 Å². The Morgan fingerprint density at radius 2 is 1.66 bits per heavy atom. The number of carbonyl (C=O) groups is 1. The van der Waals surface area contributed by atoms with Gasteiger partial charge in [-0.2, -0.15) is 8.78 Å². The molecular weight excluding hydrogens is 472 g/mol. The molecule has 0 aliphatic heterocycles. The number of nitrogens with one attached hydrogen (secondary N) is 1. The number of halogens is 2. The lowest BCUT2D eigenvalue weighted by Gasteiger charge is -2.08. The van der Waals surface area contributed by atoms with E-state index in [1.54, 1.807) is 37.3 Å². The molecule has 1 N–H and O–H groups in total. The molecule has 0 bridgehead atoms. The molecule has 3 aromatic carbocycles. The van der Waals surface area contributed by atoms with Gasteiger partial charge >= 0.3 is 6.61 Å². The lowest BCUT2D eigenvalue weighted by Crippen LogP contribution is -2.14. The van der Waals surface area contributed by atoms with E-state index in [9.17, 15) is 22.0 Å². The number of hydrogen-bond acceptors (Lipinski definition) is 4. The minimum Gasteiger partial charge on any atom is -0.435 e. The molecule has 8 heteroatoms. The second-order valence-electron chi connectivity index (χ2n) is 7.80. The van der Waals surface area contributed by atoms with Gasteiger partial charge in [0, 0.05) is 17.7 Å². The predicted molar refractivity (Wildman–Crippen MR) is 131 cm³/mol. The van der Waals surface area contributed by atoms with Crippen molar-refractivity contribution in [2.45, 2.75) is 38.2 Å². The normalized spacial score (nSPS) is 11.0. The van der Waals surface area contributed by atoms with E-state index in [4.69, 9.17) is 0 Å². The second kappa shape index (κ2) is 11.6. The van der Waals surface area contributed by atoms with Crippen LogP contribution >= 0.6 is 0 Å². The summed E-state index contributed by atoms with van der Waals surface area (Å²) in [6.07, 6.45) is 0.569. The van der Waals surface area contributed by atoms with E-state index in [1.165, 1.54) is 24.3 Å². The van der Waals surface area contributed by atoms with E-state index in [-0.39, 0.29) is 28.7 Å². The highest BCUT2D eigenvalue weighted by Gasteiger charge is 2.12. The van der Waals surface area contributed by atoms with Crippen molar-refractivity contribution in [2.75, 3.05) is 11.1 Å². The largest absolute Gasteiger partial charge is 0.435 e. The Morgan fingerprint density at radius 1 is 1.00 bits per heavy atom. The molecule has 0 aliphatic rings. The average Bonchev–Trinajstić information content (AvgIpc) is 2.81. The number of benzene rings is 3. The van der Waals surface area contributed by atoms with Crippen molar-refractivity contribution in [3.63, 3.8) is 0 Å². The van der Waals surface area contributed by atoms with Crippen LogP contribution in [0.1, 0.15) is 29.2 Å². The first-order chi connectivity index (χ1) is 16.7. The third-order valence-electron chi connectivity index (χ3n) is 5.20. The van der Waals surface area contributed by atoms with Gasteiger partial charge < -0.3 is 10.1 Å². The van der Waals surface area contributed by atoms with Gasteiger partial charge in [-0.05, 0) is 66.1 Å². The maximum absolute atomic E-state index is 12.4. The molecule has 0 heterocycles. The number of alkyl halides is 2. The van der Waals surface area contributed by atoms with E-state index in [1.807, 2.05) is 19.1 Å². The van der Waals surface area contributed by atoms with Crippen LogP contribution in [0.2, 0.25) is 0 Å². The van der Waals surface area contributed by atoms with Crippen molar-refractivity contribution in [2.24, 2.45) is 0 Å². The van der Waals surface area contributed by atoms with Crippen LogP contribution in [0.5, 0.6) is 5.75 Å². The fraction of sp³-hybridized carbons (Fsp3) is 0.222. The number of aryl methyl sites for hydroxylation is 1. The zero-order valence-corrected chi connectivity index (χ0v) is 20.2. The summed E-state index contributed by atoms with van der Waals surface area (Å²) in [6, 6.07) is 18.1. The van der Waals surface area contributed by atoms with Crippen molar-refractivity contribution in [1.82, 2.24) is 0 Å². The Balaban J connectivity index is 1.57. The molecule has 0 unspecified atom stereocenters. The molecule has 0 spiro atoms. The molecule has 5 nitrogen and oxygen atoms in total. The maximum Gasteiger partial charge on any atom is 0.387 e. The molecule has 1 amide bonds. The molecule has 0 saturated heterocycles. The Kier molecular flexibility index (Phi) is 8.61. The smallest absolute Gasteiger partial charge is 0.387 e.